The zero-order chi connectivity index (χ0) is 19.6. The van der Waals surface area contributed by atoms with Crippen LogP contribution in [0, 0.1) is 5.92 Å². The predicted octanol–water partition coefficient (Wildman–Crippen LogP) is 2.84. The third-order valence-electron chi connectivity index (χ3n) is 4.54. The van der Waals surface area contributed by atoms with Crippen molar-refractivity contribution in [2.75, 3.05) is 39.8 Å². The third kappa shape index (κ3) is 8.87. The van der Waals surface area contributed by atoms with Gasteiger partial charge in [-0.1, -0.05) is 12.1 Å². The van der Waals surface area contributed by atoms with Crippen LogP contribution in [0.4, 0.5) is 8.78 Å². The first-order chi connectivity index (χ1) is 13.0. The Bertz CT molecular complexity index is 590. The second-order valence-corrected chi connectivity index (χ2v) is 6.83. The topological polar surface area (TPSA) is 69.1 Å². The fourth-order valence-corrected chi connectivity index (χ4v) is 3.18. The van der Waals surface area contributed by atoms with Gasteiger partial charge < -0.3 is 25.4 Å². The molecule has 28 heavy (non-hydrogen) atoms. The van der Waals surface area contributed by atoms with Crippen LogP contribution in [0.5, 0.6) is 5.75 Å². The van der Waals surface area contributed by atoms with Crippen molar-refractivity contribution in [3.05, 3.63) is 29.8 Å². The Morgan fingerprint density at radius 1 is 1.32 bits per heavy atom. The number of rotatable bonds is 8. The number of hydrogen-bond acceptors (Lipinski definition) is 4. The molecular weight excluding hydrogens is 481 g/mol. The van der Waals surface area contributed by atoms with Crippen LogP contribution in [0.1, 0.15) is 31.4 Å². The average Bonchev–Trinajstić information content (AvgIpc) is 2.64. The lowest BCUT2D eigenvalue weighted by Crippen LogP contribution is -2.43. The maximum Gasteiger partial charge on any atom is 0.387 e. The van der Waals surface area contributed by atoms with E-state index in [9.17, 15) is 13.9 Å². The molecule has 1 aliphatic heterocycles. The number of aliphatic imine (C=N–C) groups is 1. The largest absolute Gasteiger partial charge is 0.435 e. The minimum Gasteiger partial charge on any atom is -0.435 e. The van der Waals surface area contributed by atoms with Gasteiger partial charge in [-0.3, -0.25) is 4.99 Å². The van der Waals surface area contributed by atoms with E-state index in [1.54, 1.807) is 12.1 Å². The molecule has 0 bridgehead atoms. The number of guanidine groups is 1. The van der Waals surface area contributed by atoms with E-state index in [1.165, 1.54) is 25.0 Å². The highest BCUT2D eigenvalue weighted by Crippen LogP contribution is 2.19. The highest BCUT2D eigenvalue weighted by Gasteiger charge is 2.17. The molecule has 1 heterocycles. The van der Waals surface area contributed by atoms with Crippen LogP contribution in [0.2, 0.25) is 0 Å². The van der Waals surface area contributed by atoms with Gasteiger partial charge in [-0.15, -0.1) is 24.0 Å². The van der Waals surface area contributed by atoms with E-state index in [2.05, 4.69) is 32.3 Å². The number of likely N-dealkylation sites (tertiary alicyclic amines) is 1. The molecule has 1 aliphatic rings. The standard InChI is InChI=1S/C19H30F2N4O2.HI/c1-3-22-19(23-11-14-5-4-10-25(2)13-14)24-12-17(26)15-6-8-16(9-7-15)27-18(20)21;/h6-9,14,17-18,26H,3-5,10-13H2,1-2H3,(H2,22,23,24);1H. The van der Waals surface area contributed by atoms with Gasteiger partial charge in [0.1, 0.15) is 5.75 Å². The number of aliphatic hydroxyl groups is 1. The second-order valence-electron chi connectivity index (χ2n) is 6.83. The lowest BCUT2D eigenvalue weighted by Gasteiger charge is -2.30. The van der Waals surface area contributed by atoms with E-state index in [1.807, 2.05) is 6.92 Å². The summed E-state index contributed by atoms with van der Waals surface area (Å²) in [7, 11) is 2.14. The normalized spacial score (nSPS) is 19.1. The summed E-state index contributed by atoms with van der Waals surface area (Å²) in [5.41, 5.74) is 0.602. The maximum absolute atomic E-state index is 12.2. The first kappa shape index (κ1) is 24.8. The summed E-state index contributed by atoms with van der Waals surface area (Å²) in [6.07, 6.45) is 1.59. The number of benzene rings is 1. The summed E-state index contributed by atoms with van der Waals surface area (Å²) in [5, 5.41) is 16.8. The fraction of sp³-hybridized carbons (Fsp3) is 0.632. The quantitative estimate of drug-likeness (QED) is 0.284. The summed E-state index contributed by atoms with van der Waals surface area (Å²) < 4.78 is 28.7. The number of halogens is 3. The van der Waals surface area contributed by atoms with Crippen LogP contribution in [-0.4, -0.2) is 62.3 Å². The Labute approximate surface area is 182 Å². The van der Waals surface area contributed by atoms with Gasteiger partial charge in [0, 0.05) is 19.6 Å². The zero-order valence-corrected chi connectivity index (χ0v) is 18.7. The number of piperidine rings is 1. The molecule has 1 saturated heterocycles. The average molecular weight is 512 g/mol. The molecule has 160 valence electrons. The molecule has 0 aromatic heterocycles. The molecule has 9 heteroatoms. The lowest BCUT2D eigenvalue weighted by atomic mass is 9.99. The van der Waals surface area contributed by atoms with Gasteiger partial charge in [0.2, 0.25) is 0 Å². The molecular formula is C19H31F2IN4O2. The monoisotopic (exact) mass is 512 g/mol. The number of nitrogens with one attached hydrogen (secondary N) is 2. The Hall–Kier alpha value is -1.20. The molecule has 0 saturated carbocycles. The summed E-state index contributed by atoms with van der Waals surface area (Å²) in [4.78, 5) is 6.78. The van der Waals surface area contributed by atoms with Gasteiger partial charge in [-0.2, -0.15) is 8.78 Å². The van der Waals surface area contributed by atoms with Crippen molar-refractivity contribution in [1.29, 1.82) is 0 Å². The molecule has 0 aliphatic carbocycles. The molecule has 2 rings (SSSR count). The van der Waals surface area contributed by atoms with E-state index in [4.69, 9.17) is 0 Å². The first-order valence-corrected chi connectivity index (χ1v) is 9.41. The van der Waals surface area contributed by atoms with Crippen LogP contribution in [-0.2, 0) is 0 Å². The molecule has 1 fully saturated rings. The van der Waals surface area contributed by atoms with Crippen LogP contribution >= 0.6 is 24.0 Å². The zero-order valence-electron chi connectivity index (χ0n) is 16.4. The Balaban J connectivity index is 0.00000392. The highest BCUT2D eigenvalue weighted by atomic mass is 127. The van der Waals surface area contributed by atoms with Crippen molar-refractivity contribution in [2.24, 2.45) is 10.9 Å². The second kappa shape index (κ2) is 13.1. The van der Waals surface area contributed by atoms with Gasteiger partial charge >= 0.3 is 6.61 Å². The number of hydrogen-bond donors (Lipinski definition) is 3. The molecule has 0 spiro atoms. The predicted molar refractivity (Wildman–Crippen MR) is 118 cm³/mol. The van der Waals surface area contributed by atoms with Crippen LogP contribution in [0.15, 0.2) is 29.3 Å². The molecule has 0 radical (unpaired) electrons. The molecule has 2 unspecified atom stereocenters. The minimum atomic E-state index is -2.86. The molecule has 6 nitrogen and oxygen atoms in total. The van der Waals surface area contributed by atoms with Crippen molar-refractivity contribution in [1.82, 2.24) is 15.5 Å². The van der Waals surface area contributed by atoms with Crippen molar-refractivity contribution in [3.8, 4) is 5.75 Å². The van der Waals surface area contributed by atoms with E-state index >= 15 is 0 Å². The molecule has 2 atom stereocenters. The summed E-state index contributed by atoms with van der Waals surface area (Å²) in [6.45, 7) is 3.10. The number of alkyl halides is 2. The first-order valence-electron chi connectivity index (χ1n) is 9.41. The van der Waals surface area contributed by atoms with Gasteiger partial charge in [0.15, 0.2) is 5.96 Å². The summed E-state index contributed by atoms with van der Waals surface area (Å²) >= 11 is 0. The summed E-state index contributed by atoms with van der Waals surface area (Å²) in [5.74, 6) is 1.32. The van der Waals surface area contributed by atoms with Crippen molar-refractivity contribution < 1.29 is 18.6 Å². The maximum atomic E-state index is 12.2. The van der Waals surface area contributed by atoms with Gasteiger partial charge in [0.05, 0.1) is 12.6 Å². The SMILES string of the molecule is CCNC(=NCC(O)c1ccc(OC(F)F)cc1)NCC1CCCN(C)C1.I. The summed E-state index contributed by atoms with van der Waals surface area (Å²) in [6, 6.07) is 5.96. The van der Waals surface area contributed by atoms with Crippen molar-refractivity contribution in [2.45, 2.75) is 32.5 Å². The Morgan fingerprint density at radius 3 is 2.64 bits per heavy atom. The molecule has 1 aromatic rings. The third-order valence-corrected chi connectivity index (χ3v) is 4.54. The minimum absolute atomic E-state index is 0. The number of nitrogens with zero attached hydrogens (tertiary/aromatic N) is 2. The van der Waals surface area contributed by atoms with Crippen molar-refractivity contribution >= 4 is 29.9 Å². The molecule has 0 amide bonds. The Kier molecular flexibility index (Phi) is 11.6. The smallest absolute Gasteiger partial charge is 0.387 e. The van der Waals surface area contributed by atoms with Crippen molar-refractivity contribution in [3.63, 3.8) is 0 Å². The van der Waals surface area contributed by atoms with E-state index in [-0.39, 0.29) is 36.3 Å². The Morgan fingerprint density at radius 2 is 2.04 bits per heavy atom. The highest BCUT2D eigenvalue weighted by molar-refractivity contribution is 14.0. The van der Waals surface area contributed by atoms with Gasteiger partial charge in [-0.25, -0.2) is 0 Å². The molecule has 1 aromatic carbocycles. The molecule has 3 N–H and O–H groups in total. The fourth-order valence-electron chi connectivity index (χ4n) is 3.18. The van der Waals surface area contributed by atoms with Crippen LogP contribution in [0.3, 0.4) is 0 Å². The van der Waals surface area contributed by atoms with E-state index in [0.717, 1.165) is 26.2 Å². The van der Waals surface area contributed by atoms with Gasteiger partial charge in [0.25, 0.3) is 0 Å². The van der Waals surface area contributed by atoms with E-state index < -0.39 is 12.7 Å². The van der Waals surface area contributed by atoms with Crippen LogP contribution < -0.4 is 15.4 Å². The number of aliphatic hydroxyl groups excluding tert-OH is 1. The number of ether oxygens (including phenoxy) is 1. The van der Waals surface area contributed by atoms with E-state index in [0.29, 0.717) is 17.4 Å². The lowest BCUT2D eigenvalue weighted by molar-refractivity contribution is -0.0498. The van der Waals surface area contributed by atoms with Gasteiger partial charge in [-0.05, 0) is 57.0 Å². The van der Waals surface area contributed by atoms with Crippen LogP contribution in [0.25, 0.3) is 0 Å².